The third-order valence-electron chi connectivity index (χ3n) is 3.31. The Balaban J connectivity index is 1.74. The molecule has 0 unspecified atom stereocenters. The Kier molecular flexibility index (Phi) is 4.70. The van der Waals surface area contributed by atoms with E-state index in [1.54, 1.807) is 6.92 Å². The van der Waals surface area contributed by atoms with Gasteiger partial charge in [-0.25, -0.2) is 8.78 Å². The number of halogens is 2. The van der Waals surface area contributed by atoms with Crippen LogP contribution in [-0.4, -0.2) is 22.0 Å². The van der Waals surface area contributed by atoms with Gasteiger partial charge < -0.3 is 15.2 Å². The number of aromatic nitrogens is 2. The zero-order chi connectivity index (χ0) is 18.7. The molecule has 0 saturated carbocycles. The molecule has 0 fully saturated rings. The number of hydrogen-bond donors (Lipinski definition) is 2. The van der Waals surface area contributed by atoms with Gasteiger partial charge in [0.05, 0.1) is 11.1 Å². The van der Waals surface area contributed by atoms with Crippen molar-refractivity contribution in [3.8, 4) is 0 Å². The second kappa shape index (κ2) is 7.09. The first-order chi connectivity index (χ1) is 12.4. The lowest BCUT2D eigenvalue weighted by atomic mass is 10.2. The summed E-state index contributed by atoms with van der Waals surface area (Å²) in [6.45, 7) is 1.67. The number of amides is 2. The van der Waals surface area contributed by atoms with Gasteiger partial charge in [0.15, 0.2) is 17.5 Å². The normalized spacial score (nSPS) is 10.4. The third kappa shape index (κ3) is 3.89. The van der Waals surface area contributed by atoms with Crippen molar-refractivity contribution in [2.75, 3.05) is 10.6 Å². The van der Waals surface area contributed by atoms with Crippen molar-refractivity contribution in [3.05, 3.63) is 71.2 Å². The summed E-state index contributed by atoms with van der Waals surface area (Å²) in [7, 11) is 0. The van der Waals surface area contributed by atoms with E-state index in [2.05, 4.69) is 20.8 Å². The molecule has 2 N–H and O–H groups in total. The summed E-state index contributed by atoms with van der Waals surface area (Å²) in [5.41, 5.74) is 0.254. The minimum atomic E-state index is -1.09. The molecule has 0 spiro atoms. The quantitative estimate of drug-likeness (QED) is 0.747. The molecular formula is C17H12F2N4O3. The van der Waals surface area contributed by atoms with Crippen molar-refractivity contribution in [3.63, 3.8) is 0 Å². The first-order valence-corrected chi connectivity index (χ1v) is 7.38. The highest BCUT2D eigenvalue weighted by molar-refractivity contribution is 6.08. The van der Waals surface area contributed by atoms with E-state index in [4.69, 9.17) is 4.52 Å². The number of carbonyl (C=O) groups is 2. The second-order valence-corrected chi connectivity index (χ2v) is 5.32. The van der Waals surface area contributed by atoms with Crippen molar-refractivity contribution in [1.29, 1.82) is 0 Å². The van der Waals surface area contributed by atoms with Gasteiger partial charge in [-0.1, -0.05) is 5.16 Å². The third-order valence-corrected chi connectivity index (χ3v) is 3.31. The summed E-state index contributed by atoms with van der Waals surface area (Å²) in [6.07, 6.45) is 2.52. The minimum Gasteiger partial charge on any atom is -0.360 e. The molecule has 0 bridgehead atoms. The molecule has 1 aromatic carbocycles. The van der Waals surface area contributed by atoms with Crippen LogP contribution in [0.2, 0.25) is 0 Å². The Labute approximate surface area is 146 Å². The number of carbonyl (C=O) groups excluding carboxylic acids is 2. The Morgan fingerprint density at radius 1 is 0.962 bits per heavy atom. The molecule has 0 aliphatic heterocycles. The molecule has 9 heteroatoms. The van der Waals surface area contributed by atoms with Crippen LogP contribution in [0.3, 0.4) is 0 Å². The summed E-state index contributed by atoms with van der Waals surface area (Å²) in [5, 5.41) is 8.54. The van der Waals surface area contributed by atoms with Gasteiger partial charge in [-0.05, 0) is 25.1 Å². The summed E-state index contributed by atoms with van der Waals surface area (Å²) in [4.78, 5) is 28.3. The smallest absolute Gasteiger partial charge is 0.258 e. The molecule has 2 amide bonds. The lowest BCUT2D eigenvalue weighted by Gasteiger charge is -2.07. The lowest BCUT2D eigenvalue weighted by molar-refractivity contribution is 0.102. The first kappa shape index (κ1) is 17.2. The number of rotatable bonds is 4. The molecular weight excluding hydrogens is 346 g/mol. The number of pyridine rings is 1. The summed E-state index contributed by atoms with van der Waals surface area (Å²) in [6, 6.07) is 5.81. The van der Waals surface area contributed by atoms with E-state index in [-0.39, 0.29) is 22.6 Å². The van der Waals surface area contributed by atoms with E-state index >= 15 is 0 Å². The largest absolute Gasteiger partial charge is 0.360 e. The molecule has 132 valence electrons. The second-order valence-electron chi connectivity index (χ2n) is 5.32. The van der Waals surface area contributed by atoms with Crippen LogP contribution in [-0.2, 0) is 0 Å². The van der Waals surface area contributed by atoms with Gasteiger partial charge in [0, 0.05) is 30.2 Å². The zero-order valence-electron chi connectivity index (χ0n) is 13.4. The predicted molar refractivity (Wildman–Crippen MR) is 87.7 cm³/mol. The van der Waals surface area contributed by atoms with Crippen molar-refractivity contribution >= 4 is 23.3 Å². The van der Waals surface area contributed by atoms with E-state index in [1.165, 1.54) is 30.6 Å². The van der Waals surface area contributed by atoms with Gasteiger partial charge in [-0.15, -0.1) is 0 Å². The first-order valence-electron chi connectivity index (χ1n) is 7.38. The SMILES string of the molecule is Cc1cc(NC(=O)c2cncc(C(=O)Nc3ccc(F)c(F)c3)c2)no1. The predicted octanol–water partition coefficient (Wildman–Crippen LogP) is 3.16. The monoisotopic (exact) mass is 358 g/mol. The van der Waals surface area contributed by atoms with Crippen molar-refractivity contribution in [2.24, 2.45) is 0 Å². The number of nitrogens with zero attached hydrogens (tertiary/aromatic N) is 2. The average molecular weight is 358 g/mol. The minimum absolute atomic E-state index is 0.0683. The molecule has 0 atom stereocenters. The van der Waals surface area contributed by atoms with Crippen LogP contribution in [0, 0.1) is 18.6 Å². The number of hydrogen-bond acceptors (Lipinski definition) is 5. The summed E-state index contributed by atoms with van der Waals surface area (Å²) in [5.74, 6) is -2.52. The Morgan fingerprint density at radius 2 is 1.65 bits per heavy atom. The summed E-state index contributed by atoms with van der Waals surface area (Å²) >= 11 is 0. The van der Waals surface area contributed by atoms with E-state index < -0.39 is 23.4 Å². The van der Waals surface area contributed by atoms with Crippen LogP contribution in [0.1, 0.15) is 26.5 Å². The van der Waals surface area contributed by atoms with Gasteiger partial charge in [-0.2, -0.15) is 0 Å². The highest BCUT2D eigenvalue weighted by Gasteiger charge is 2.14. The van der Waals surface area contributed by atoms with Gasteiger partial charge in [-0.3, -0.25) is 14.6 Å². The fraction of sp³-hybridized carbons (Fsp3) is 0.0588. The zero-order valence-corrected chi connectivity index (χ0v) is 13.4. The molecule has 2 aromatic heterocycles. The van der Waals surface area contributed by atoms with Gasteiger partial charge in [0.25, 0.3) is 11.8 Å². The maximum Gasteiger partial charge on any atom is 0.258 e. The molecule has 3 rings (SSSR count). The fourth-order valence-corrected chi connectivity index (χ4v) is 2.08. The maximum atomic E-state index is 13.2. The lowest BCUT2D eigenvalue weighted by Crippen LogP contribution is -2.16. The van der Waals surface area contributed by atoms with Crippen molar-refractivity contribution in [2.45, 2.75) is 6.92 Å². The summed E-state index contributed by atoms with van der Waals surface area (Å²) < 4.78 is 31.0. The van der Waals surface area contributed by atoms with Crippen LogP contribution >= 0.6 is 0 Å². The van der Waals surface area contributed by atoms with Crippen LogP contribution in [0.25, 0.3) is 0 Å². The van der Waals surface area contributed by atoms with Crippen LogP contribution in [0.4, 0.5) is 20.3 Å². The van der Waals surface area contributed by atoms with Gasteiger partial charge in [0.2, 0.25) is 0 Å². The topological polar surface area (TPSA) is 97.1 Å². The molecule has 0 aliphatic rings. The van der Waals surface area contributed by atoms with E-state index in [0.717, 1.165) is 12.1 Å². The molecule has 0 radical (unpaired) electrons. The number of aryl methyl sites for hydroxylation is 1. The number of anilines is 2. The number of nitrogens with one attached hydrogen (secondary N) is 2. The van der Waals surface area contributed by atoms with Gasteiger partial charge in [0.1, 0.15) is 5.76 Å². The standard InChI is InChI=1S/C17H12F2N4O3/c1-9-4-15(23-26-9)22-17(25)11-5-10(7-20-8-11)16(24)21-12-2-3-13(18)14(19)6-12/h2-8H,1H3,(H,21,24)(H,22,23,25). The molecule has 3 aromatic rings. The maximum absolute atomic E-state index is 13.2. The Bertz CT molecular complexity index is 988. The average Bonchev–Trinajstić information content (AvgIpc) is 3.03. The highest BCUT2D eigenvalue weighted by Crippen LogP contribution is 2.15. The Morgan fingerprint density at radius 3 is 2.27 bits per heavy atom. The molecule has 2 heterocycles. The molecule has 0 aliphatic carbocycles. The molecule has 26 heavy (non-hydrogen) atoms. The fourth-order valence-electron chi connectivity index (χ4n) is 2.08. The molecule has 0 saturated heterocycles. The van der Waals surface area contributed by atoms with Gasteiger partial charge >= 0.3 is 0 Å². The van der Waals surface area contributed by atoms with E-state index in [9.17, 15) is 18.4 Å². The van der Waals surface area contributed by atoms with Crippen LogP contribution in [0.15, 0.2) is 47.2 Å². The Hall–Kier alpha value is -3.62. The van der Waals surface area contributed by atoms with Crippen molar-refractivity contribution < 1.29 is 22.9 Å². The van der Waals surface area contributed by atoms with Crippen LogP contribution in [0.5, 0.6) is 0 Å². The van der Waals surface area contributed by atoms with Crippen LogP contribution < -0.4 is 10.6 Å². The molecule has 7 nitrogen and oxygen atoms in total. The van der Waals surface area contributed by atoms with Crippen molar-refractivity contribution in [1.82, 2.24) is 10.1 Å². The van der Waals surface area contributed by atoms with E-state index in [0.29, 0.717) is 5.76 Å². The van der Waals surface area contributed by atoms with E-state index in [1.807, 2.05) is 0 Å². The highest BCUT2D eigenvalue weighted by atomic mass is 19.2. The number of benzene rings is 1.